The van der Waals surface area contributed by atoms with Gasteiger partial charge in [0.25, 0.3) is 6.43 Å². The van der Waals surface area contributed by atoms with Gasteiger partial charge in [-0.15, -0.1) is 0 Å². The summed E-state index contributed by atoms with van der Waals surface area (Å²) >= 11 is 0. The molecular weight excluding hydrogens is 110 g/mol. The highest BCUT2D eigenvalue weighted by Gasteiger charge is 2.04. The van der Waals surface area contributed by atoms with Gasteiger partial charge < -0.3 is 0 Å². The van der Waals surface area contributed by atoms with Crippen LogP contribution in [0.1, 0.15) is 19.8 Å². The van der Waals surface area contributed by atoms with Gasteiger partial charge in [0.2, 0.25) is 0 Å². The van der Waals surface area contributed by atoms with Gasteiger partial charge in [0.05, 0.1) is 0 Å². The number of halogens is 2. The monoisotopic (exact) mass is 120 g/mol. The second-order valence-electron chi connectivity index (χ2n) is 1.71. The largest absolute Gasteiger partial charge is 0.259 e. The van der Waals surface area contributed by atoms with E-state index < -0.39 is 6.43 Å². The molecule has 0 nitrogen and oxygen atoms in total. The molecule has 0 aromatic carbocycles. The summed E-state index contributed by atoms with van der Waals surface area (Å²) in [5, 5.41) is 0. The molecule has 0 heterocycles. The third kappa shape index (κ3) is 2.72. The van der Waals surface area contributed by atoms with Crippen LogP contribution in [0.2, 0.25) is 0 Å². The highest BCUT2D eigenvalue weighted by atomic mass is 19.3. The molecule has 0 N–H and O–H groups in total. The van der Waals surface area contributed by atoms with Crippen LogP contribution in [-0.2, 0) is 0 Å². The number of rotatable bonds is 3. The summed E-state index contributed by atoms with van der Waals surface area (Å²) in [6.45, 7) is 5.05. The van der Waals surface area contributed by atoms with Gasteiger partial charge >= 0.3 is 0 Å². The molecular formula is C6H10F2. The van der Waals surface area contributed by atoms with Crippen molar-refractivity contribution in [3.63, 3.8) is 0 Å². The van der Waals surface area contributed by atoms with Gasteiger partial charge in [-0.05, 0) is 12.0 Å². The van der Waals surface area contributed by atoms with E-state index in [0.717, 1.165) is 6.42 Å². The van der Waals surface area contributed by atoms with Crippen molar-refractivity contribution in [3.8, 4) is 0 Å². The van der Waals surface area contributed by atoms with Gasteiger partial charge in [-0.2, -0.15) is 0 Å². The molecule has 0 aromatic heterocycles. The minimum atomic E-state index is -2.32. The molecule has 0 saturated carbocycles. The van der Waals surface area contributed by atoms with Crippen LogP contribution in [0.25, 0.3) is 0 Å². The summed E-state index contributed by atoms with van der Waals surface area (Å²) in [6, 6.07) is 0. The van der Waals surface area contributed by atoms with E-state index in [9.17, 15) is 8.78 Å². The number of allylic oxidation sites excluding steroid dienone is 1. The van der Waals surface area contributed by atoms with Crippen LogP contribution in [0.15, 0.2) is 12.2 Å². The van der Waals surface area contributed by atoms with Crippen molar-refractivity contribution in [3.05, 3.63) is 12.2 Å². The molecule has 0 fully saturated rings. The number of alkyl halides is 2. The molecule has 0 aliphatic heterocycles. The molecule has 2 heteroatoms. The van der Waals surface area contributed by atoms with Gasteiger partial charge in [0.15, 0.2) is 0 Å². The molecule has 0 unspecified atom stereocenters. The first-order chi connectivity index (χ1) is 3.68. The SMILES string of the molecule is C=C(CCC)C(F)F. The summed E-state index contributed by atoms with van der Waals surface area (Å²) in [5.41, 5.74) is 0.0486. The van der Waals surface area contributed by atoms with Gasteiger partial charge in [0, 0.05) is 0 Å². The molecule has 8 heavy (non-hydrogen) atoms. The lowest BCUT2D eigenvalue weighted by atomic mass is 10.2. The van der Waals surface area contributed by atoms with Crippen molar-refractivity contribution in [1.82, 2.24) is 0 Å². The van der Waals surface area contributed by atoms with Crippen LogP contribution in [0.4, 0.5) is 8.78 Å². The lowest BCUT2D eigenvalue weighted by Gasteiger charge is -1.98. The third-order valence-electron chi connectivity index (χ3n) is 0.880. The highest BCUT2D eigenvalue weighted by Crippen LogP contribution is 2.10. The first-order valence-corrected chi connectivity index (χ1v) is 2.64. The summed E-state index contributed by atoms with van der Waals surface area (Å²) < 4.78 is 23.0. The van der Waals surface area contributed by atoms with E-state index in [4.69, 9.17) is 0 Å². The van der Waals surface area contributed by atoms with E-state index in [1.165, 1.54) is 0 Å². The zero-order valence-electron chi connectivity index (χ0n) is 4.95. The molecule has 0 aromatic rings. The molecule has 0 bridgehead atoms. The van der Waals surface area contributed by atoms with E-state index in [1.54, 1.807) is 0 Å². The van der Waals surface area contributed by atoms with Crippen LogP contribution in [0, 0.1) is 0 Å². The highest BCUT2D eigenvalue weighted by molar-refractivity contribution is 4.96. The summed E-state index contributed by atoms with van der Waals surface area (Å²) in [4.78, 5) is 0. The Bertz CT molecular complexity index is 76.6. The first kappa shape index (κ1) is 7.60. The normalized spacial score (nSPS) is 10.0. The van der Waals surface area contributed by atoms with Crippen molar-refractivity contribution in [2.45, 2.75) is 26.2 Å². The molecule has 0 spiro atoms. The van der Waals surface area contributed by atoms with Crippen LogP contribution < -0.4 is 0 Å². The van der Waals surface area contributed by atoms with Gasteiger partial charge in [-0.1, -0.05) is 19.9 Å². The number of hydrogen-bond donors (Lipinski definition) is 0. The zero-order valence-corrected chi connectivity index (χ0v) is 4.95. The predicted octanol–water partition coefficient (Wildman–Crippen LogP) is 2.61. The Labute approximate surface area is 48.2 Å². The molecule has 0 rings (SSSR count). The predicted molar refractivity (Wildman–Crippen MR) is 30.1 cm³/mol. The Balaban J connectivity index is 3.33. The average Bonchev–Trinajstić information content (AvgIpc) is 1.67. The van der Waals surface area contributed by atoms with Crippen molar-refractivity contribution in [2.24, 2.45) is 0 Å². The fourth-order valence-corrected chi connectivity index (χ4v) is 0.430. The number of hydrogen-bond acceptors (Lipinski definition) is 0. The van der Waals surface area contributed by atoms with Crippen molar-refractivity contribution < 1.29 is 8.78 Å². The average molecular weight is 120 g/mol. The summed E-state index contributed by atoms with van der Waals surface area (Å²) in [5.74, 6) is 0. The Hall–Kier alpha value is -0.400. The Morgan fingerprint density at radius 2 is 2.12 bits per heavy atom. The second kappa shape index (κ2) is 3.58. The Kier molecular flexibility index (Phi) is 3.40. The standard InChI is InChI=1S/C6H10F2/c1-3-4-5(2)6(7)8/h6H,2-4H2,1H3. The summed E-state index contributed by atoms with van der Waals surface area (Å²) in [6.07, 6.45) is -1.13. The van der Waals surface area contributed by atoms with E-state index >= 15 is 0 Å². The van der Waals surface area contributed by atoms with E-state index in [-0.39, 0.29) is 5.57 Å². The second-order valence-corrected chi connectivity index (χ2v) is 1.71. The molecule has 0 saturated heterocycles. The smallest absolute Gasteiger partial charge is 0.205 e. The van der Waals surface area contributed by atoms with Crippen molar-refractivity contribution in [1.29, 1.82) is 0 Å². The molecule has 0 radical (unpaired) electrons. The third-order valence-corrected chi connectivity index (χ3v) is 0.880. The Morgan fingerprint density at radius 3 is 2.25 bits per heavy atom. The lowest BCUT2D eigenvalue weighted by molar-refractivity contribution is 0.185. The van der Waals surface area contributed by atoms with Gasteiger partial charge in [0.1, 0.15) is 0 Å². The van der Waals surface area contributed by atoms with Crippen molar-refractivity contribution >= 4 is 0 Å². The maximum Gasteiger partial charge on any atom is 0.259 e. The Morgan fingerprint density at radius 1 is 1.62 bits per heavy atom. The van der Waals surface area contributed by atoms with Crippen LogP contribution in [0.5, 0.6) is 0 Å². The van der Waals surface area contributed by atoms with E-state index in [1.807, 2.05) is 6.92 Å². The first-order valence-electron chi connectivity index (χ1n) is 2.64. The minimum absolute atomic E-state index is 0.0486. The van der Waals surface area contributed by atoms with Gasteiger partial charge in [-0.3, -0.25) is 0 Å². The minimum Gasteiger partial charge on any atom is -0.205 e. The molecule has 0 atom stereocenters. The zero-order chi connectivity index (χ0) is 6.57. The van der Waals surface area contributed by atoms with Crippen LogP contribution >= 0.6 is 0 Å². The molecule has 0 amide bonds. The molecule has 0 aliphatic carbocycles. The van der Waals surface area contributed by atoms with E-state index in [2.05, 4.69) is 6.58 Å². The van der Waals surface area contributed by atoms with Crippen LogP contribution in [-0.4, -0.2) is 6.43 Å². The fourth-order valence-electron chi connectivity index (χ4n) is 0.430. The van der Waals surface area contributed by atoms with Crippen LogP contribution in [0.3, 0.4) is 0 Å². The van der Waals surface area contributed by atoms with E-state index in [0.29, 0.717) is 6.42 Å². The quantitative estimate of drug-likeness (QED) is 0.502. The topological polar surface area (TPSA) is 0 Å². The maximum absolute atomic E-state index is 11.5. The lowest BCUT2D eigenvalue weighted by Crippen LogP contribution is -1.93. The molecule has 48 valence electrons. The molecule has 0 aliphatic rings. The fraction of sp³-hybridized carbons (Fsp3) is 0.667. The maximum atomic E-state index is 11.5. The van der Waals surface area contributed by atoms with Gasteiger partial charge in [-0.25, -0.2) is 8.78 Å². The summed E-state index contributed by atoms with van der Waals surface area (Å²) in [7, 11) is 0. The van der Waals surface area contributed by atoms with Crippen molar-refractivity contribution in [2.75, 3.05) is 0 Å².